The molecule has 6 heteroatoms. The number of benzene rings is 1. The maximum atomic E-state index is 12.5. The molecule has 1 heterocycles. The molecule has 6 nitrogen and oxygen atoms in total. The zero-order chi connectivity index (χ0) is 18.4. The Morgan fingerprint density at radius 3 is 2.44 bits per heavy atom. The summed E-state index contributed by atoms with van der Waals surface area (Å²) < 4.78 is 5.38. The van der Waals surface area contributed by atoms with E-state index in [1.54, 1.807) is 12.0 Å². The summed E-state index contributed by atoms with van der Waals surface area (Å²) in [6.45, 7) is 10.4. The van der Waals surface area contributed by atoms with Crippen LogP contribution in [0.25, 0.3) is 0 Å². The number of hydrogen-bond donors (Lipinski definition) is 0. The van der Waals surface area contributed by atoms with Crippen molar-refractivity contribution in [2.75, 3.05) is 51.3 Å². The van der Waals surface area contributed by atoms with Crippen molar-refractivity contribution in [3.05, 3.63) is 23.8 Å². The first-order valence-electron chi connectivity index (χ1n) is 8.89. The summed E-state index contributed by atoms with van der Waals surface area (Å²) in [7, 11) is 1.59. The minimum Gasteiger partial charge on any atom is -0.495 e. The molecule has 1 saturated heterocycles. The third kappa shape index (κ3) is 4.95. The molecule has 0 spiro atoms. The molecule has 0 atom stereocenters. The van der Waals surface area contributed by atoms with E-state index in [0.29, 0.717) is 18.7 Å². The Morgan fingerprint density at radius 2 is 1.88 bits per heavy atom. The molecule has 1 aromatic rings. The van der Waals surface area contributed by atoms with Gasteiger partial charge in [0.05, 0.1) is 12.8 Å². The highest BCUT2D eigenvalue weighted by molar-refractivity contribution is 5.94. The SMILES string of the molecule is CCN1CCN(C(=O)CCN(C(C)=O)c2cc(C)ccc2OC)CC1. The standard InChI is InChI=1S/C19H29N3O3/c1-5-20-10-12-21(13-11-20)19(24)8-9-22(16(3)23)17-14-15(2)6-7-18(17)25-4/h6-7,14H,5,8-13H2,1-4H3. The van der Waals surface area contributed by atoms with Crippen molar-refractivity contribution in [1.82, 2.24) is 9.80 Å². The van der Waals surface area contributed by atoms with Gasteiger partial charge in [-0.2, -0.15) is 0 Å². The Labute approximate surface area is 150 Å². The Bertz CT molecular complexity index is 610. The topological polar surface area (TPSA) is 53.1 Å². The van der Waals surface area contributed by atoms with Gasteiger partial charge in [0.1, 0.15) is 5.75 Å². The molecule has 0 bridgehead atoms. The van der Waals surface area contributed by atoms with Crippen LogP contribution in [-0.2, 0) is 9.59 Å². The number of rotatable bonds is 6. The lowest BCUT2D eigenvalue weighted by atomic mass is 10.1. The first-order chi connectivity index (χ1) is 12.0. The Morgan fingerprint density at radius 1 is 1.20 bits per heavy atom. The quantitative estimate of drug-likeness (QED) is 0.789. The summed E-state index contributed by atoms with van der Waals surface area (Å²) in [6.07, 6.45) is 0.322. The second-order valence-electron chi connectivity index (χ2n) is 6.41. The Kier molecular flexibility index (Phi) is 6.82. The van der Waals surface area contributed by atoms with Gasteiger partial charge in [0.25, 0.3) is 0 Å². The monoisotopic (exact) mass is 347 g/mol. The number of hydrogen-bond acceptors (Lipinski definition) is 4. The van der Waals surface area contributed by atoms with Crippen molar-refractivity contribution in [3.63, 3.8) is 0 Å². The van der Waals surface area contributed by atoms with Gasteiger partial charge in [-0.3, -0.25) is 9.59 Å². The van der Waals surface area contributed by atoms with Gasteiger partial charge >= 0.3 is 0 Å². The average molecular weight is 347 g/mol. The third-order valence-corrected chi connectivity index (χ3v) is 4.73. The van der Waals surface area contributed by atoms with Crippen molar-refractivity contribution < 1.29 is 14.3 Å². The maximum Gasteiger partial charge on any atom is 0.224 e. The number of carbonyl (C=O) groups is 2. The summed E-state index contributed by atoms with van der Waals surface area (Å²) in [4.78, 5) is 30.5. The Hall–Kier alpha value is -2.08. The second kappa shape index (κ2) is 8.85. The maximum absolute atomic E-state index is 12.5. The number of likely N-dealkylation sites (N-methyl/N-ethyl adjacent to an activating group) is 1. The van der Waals surface area contributed by atoms with Crippen LogP contribution < -0.4 is 9.64 Å². The van der Waals surface area contributed by atoms with Gasteiger partial charge in [0.15, 0.2) is 0 Å². The molecule has 0 aliphatic carbocycles. The van der Waals surface area contributed by atoms with Crippen LogP contribution in [0, 0.1) is 6.92 Å². The number of anilines is 1. The minimum absolute atomic E-state index is 0.0903. The lowest BCUT2D eigenvalue weighted by Crippen LogP contribution is -2.49. The molecule has 0 aromatic heterocycles. The molecule has 25 heavy (non-hydrogen) atoms. The first-order valence-corrected chi connectivity index (χ1v) is 8.89. The highest BCUT2D eigenvalue weighted by Gasteiger charge is 2.22. The highest BCUT2D eigenvalue weighted by atomic mass is 16.5. The number of piperazine rings is 1. The van der Waals surface area contributed by atoms with Crippen molar-refractivity contribution >= 4 is 17.5 Å². The third-order valence-electron chi connectivity index (χ3n) is 4.73. The summed E-state index contributed by atoms with van der Waals surface area (Å²) >= 11 is 0. The average Bonchev–Trinajstić information content (AvgIpc) is 2.61. The number of carbonyl (C=O) groups excluding carboxylic acids is 2. The molecular formula is C19H29N3O3. The van der Waals surface area contributed by atoms with E-state index in [1.807, 2.05) is 30.0 Å². The lowest BCUT2D eigenvalue weighted by molar-refractivity contribution is -0.132. The molecule has 1 aliphatic rings. The lowest BCUT2D eigenvalue weighted by Gasteiger charge is -2.34. The van der Waals surface area contributed by atoms with Crippen molar-refractivity contribution in [2.45, 2.75) is 27.2 Å². The summed E-state index contributed by atoms with van der Waals surface area (Å²) in [5.74, 6) is 0.658. The molecular weight excluding hydrogens is 318 g/mol. The van der Waals surface area contributed by atoms with Gasteiger partial charge in [-0.1, -0.05) is 13.0 Å². The fourth-order valence-corrected chi connectivity index (χ4v) is 3.14. The van der Waals surface area contributed by atoms with E-state index < -0.39 is 0 Å². The fourth-order valence-electron chi connectivity index (χ4n) is 3.14. The molecule has 1 aromatic carbocycles. The molecule has 2 rings (SSSR count). The van der Waals surface area contributed by atoms with Crippen LogP contribution in [0.15, 0.2) is 18.2 Å². The van der Waals surface area contributed by atoms with Crippen LogP contribution in [0.2, 0.25) is 0 Å². The van der Waals surface area contributed by atoms with Crippen LogP contribution in [0.5, 0.6) is 5.75 Å². The summed E-state index contributed by atoms with van der Waals surface area (Å²) in [5.41, 5.74) is 1.77. The van der Waals surface area contributed by atoms with Gasteiger partial charge in [-0.05, 0) is 31.2 Å². The molecule has 1 aliphatic heterocycles. The predicted octanol–water partition coefficient (Wildman–Crippen LogP) is 1.91. The molecule has 2 amide bonds. The van der Waals surface area contributed by atoms with Crippen LogP contribution >= 0.6 is 0 Å². The number of ether oxygens (including phenoxy) is 1. The van der Waals surface area contributed by atoms with Crippen LogP contribution in [-0.4, -0.2) is 68.0 Å². The largest absolute Gasteiger partial charge is 0.495 e. The zero-order valence-electron chi connectivity index (χ0n) is 15.7. The predicted molar refractivity (Wildman–Crippen MR) is 99.1 cm³/mol. The van der Waals surface area contributed by atoms with E-state index in [9.17, 15) is 9.59 Å². The summed E-state index contributed by atoms with van der Waals surface area (Å²) in [6, 6.07) is 5.72. The van der Waals surface area contributed by atoms with E-state index in [2.05, 4.69) is 11.8 Å². The normalized spacial score (nSPS) is 15.1. The van der Waals surface area contributed by atoms with Gasteiger partial charge in [0, 0.05) is 46.1 Å². The second-order valence-corrected chi connectivity index (χ2v) is 6.41. The van der Waals surface area contributed by atoms with Crippen LogP contribution in [0.3, 0.4) is 0 Å². The highest BCUT2D eigenvalue weighted by Crippen LogP contribution is 2.29. The van der Waals surface area contributed by atoms with E-state index in [1.165, 1.54) is 6.92 Å². The molecule has 0 radical (unpaired) electrons. The van der Waals surface area contributed by atoms with Crippen molar-refractivity contribution in [3.8, 4) is 5.75 Å². The first kappa shape index (κ1) is 19.2. The van der Waals surface area contributed by atoms with E-state index >= 15 is 0 Å². The van der Waals surface area contributed by atoms with Crippen LogP contribution in [0.4, 0.5) is 5.69 Å². The van der Waals surface area contributed by atoms with Gasteiger partial charge < -0.3 is 19.4 Å². The number of nitrogens with zero attached hydrogens (tertiary/aromatic N) is 3. The zero-order valence-corrected chi connectivity index (χ0v) is 15.7. The van der Waals surface area contributed by atoms with E-state index in [4.69, 9.17) is 4.74 Å². The van der Waals surface area contributed by atoms with Crippen molar-refractivity contribution in [2.24, 2.45) is 0 Å². The number of amides is 2. The smallest absolute Gasteiger partial charge is 0.224 e. The number of aryl methyl sites for hydroxylation is 1. The van der Waals surface area contributed by atoms with Crippen LogP contribution in [0.1, 0.15) is 25.8 Å². The van der Waals surface area contributed by atoms with Crippen molar-refractivity contribution in [1.29, 1.82) is 0 Å². The molecule has 0 N–H and O–H groups in total. The van der Waals surface area contributed by atoms with Gasteiger partial charge in [0.2, 0.25) is 11.8 Å². The van der Waals surface area contributed by atoms with E-state index in [-0.39, 0.29) is 11.8 Å². The fraction of sp³-hybridized carbons (Fsp3) is 0.579. The molecule has 0 saturated carbocycles. The van der Waals surface area contributed by atoms with Gasteiger partial charge in [-0.25, -0.2) is 0 Å². The molecule has 1 fully saturated rings. The summed E-state index contributed by atoms with van der Waals surface area (Å²) in [5, 5.41) is 0. The number of methoxy groups -OCH3 is 1. The molecule has 138 valence electrons. The Balaban J connectivity index is 2.02. The van der Waals surface area contributed by atoms with E-state index in [0.717, 1.165) is 44.0 Å². The minimum atomic E-state index is -0.0903. The van der Waals surface area contributed by atoms with Gasteiger partial charge in [-0.15, -0.1) is 0 Å². The molecule has 0 unspecified atom stereocenters.